The van der Waals surface area contributed by atoms with Crippen LogP contribution in [0.5, 0.6) is 0 Å². The van der Waals surface area contributed by atoms with E-state index in [0.717, 1.165) is 0 Å². The van der Waals surface area contributed by atoms with Gasteiger partial charge in [-0.2, -0.15) is 0 Å². The second kappa shape index (κ2) is 5.46. The van der Waals surface area contributed by atoms with Gasteiger partial charge in [0.2, 0.25) is 0 Å². The van der Waals surface area contributed by atoms with Gasteiger partial charge in [0.25, 0.3) is 0 Å². The van der Waals surface area contributed by atoms with Gasteiger partial charge in [0.05, 0.1) is 6.10 Å². The summed E-state index contributed by atoms with van der Waals surface area (Å²) in [6.07, 6.45) is -1.06. The number of rotatable bonds is 4. The normalized spacial score (nSPS) is 15.9. The quantitative estimate of drug-likeness (QED) is 0.925. The lowest BCUT2D eigenvalue weighted by atomic mass is 9.84. The highest BCUT2D eigenvalue weighted by molar-refractivity contribution is 9.10. The lowest BCUT2D eigenvalue weighted by molar-refractivity contribution is -0.0926. The van der Waals surface area contributed by atoms with E-state index < -0.39 is 6.10 Å². The van der Waals surface area contributed by atoms with E-state index in [2.05, 4.69) is 26.2 Å². The molecular formula is C11H20BrN3O2. The van der Waals surface area contributed by atoms with Crippen molar-refractivity contribution in [1.82, 2.24) is 15.0 Å². The molecule has 0 saturated carbocycles. The summed E-state index contributed by atoms with van der Waals surface area (Å²) < 4.78 is 7.78. The van der Waals surface area contributed by atoms with Gasteiger partial charge in [0, 0.05) is 13.7 Å². The van der Waals surface area contributed by atoms with Crippen LogP contribution in [-0.2, 0) is 11.8 Å². The molecule has 0 bridgehead atoms. The molecule has 0 aliphatic carbocycles. The molecule has 17 heavy (non-hydrogen) atoms. The summed E-state index contributed by atoms with van der Waals surface area (Å²) in [7, 11) is 1.75. The van der Waals surface area contributed by atoms with Gasteiger partial charge in [-0.15, -0.1) is 5.10 Å². The van der Waals surface area contributed by atoms with Gasteiger partial charge < -0.3 is 9.84 Å². The lowest BCUT2D eigenvalue weighted by Gasteiger charge is -2.34. The van der Waals surface area contributed by atoms with Crippen LogP contribution in [0.3, 0.4) is 0 Å². The fourth-order valence-corrected chi connectivity index (χ4v) is 2.35. The van der Waals surface area contributed by atoms with E-state index in [1.807, 2.05) is 27.7 Å². The summed E-state index contributed by atoms with van der Waals surface area (Å²) in [6, 6.07) is 0. The zero-order valence-corrected chi connectivity index (χ0v) is 12.5. The molecule has 0 aliphatic rings. The standard InChI is InChI=1S/C11H20BrN3O2/c1-6-17-9(11(2,3)4)8(16)7-10(12)13-14-15(7)5/h8-9,16H,6H2,1-5H3. The summed E-state index contributed by atoms with van der Waals surface area (Å²) in [4.78, 5) is 0. The van der Waals surface area contributed by atoms with E-state index in [0.29, 0.717) is 16.9 Å². The van der Waals surface area contributed by atoms with Crippen molar-refractivity contribution < 1.29 is 9.84 Å². The maximum absolute atomic E-state index is 10.4. The van der Waals surface area contributed by atoms with Crippen molar-refractivity contribution in [1.29, 1.82) is 0 Å². The first kappa shape index (κ1) is 14.6. The van der Waals surface area contributed by atoms with E-state index in [-0.39, 0.29) is 11.5 Å². The van der Waals surface area contributed by atoms with Crippen LogP contribution >= 0.6 is 15.9 Å². The first-order valence-electron chi connectivity index (χ1n) is 5.63. The smallest absolute Gasteiger partial charge is 0.154 e. The zero-order chi connectivity index (χ0) is 13.2. The topological polar surface area (TPSA) is 60.2 Å². The number of aromatic nitrogens is 3. The third kappa shape index (κ3) is 3.26. The molecule has 98 valence electrons. The average Bonchev–Trinajstić information content (AvgIpc) is 2.52. The predicted molar refractivity (Wildman–Crippen MR) is 68.5 cm³/mol. The molecule has 1 heterocycles. The number of halogens is 1. The van der Waals surface area contributed by atoms with E-state index in [9.17, 15) is 5.11 Å². The highest BCUT2D eigenvalue weighted by atomic mass is 79.9. The maximum atomic E-state index is 10.4. The predicted octanol–water partition coefficient (Wildman–Crippen LogP) is 2.06. The zero-order valence-electron chi connectivity index (χ0n) is 10.9. The molecular weight excluding hydrogens is 286 g/mol. The molecule has 0 fully saturated rings. The molecule has 1 N–H and O–H groups in total. The third-order valence-corrected chi connectivity index (χ3v) is 3.16. The van der Waals surface area contributed by atoms with E-state index in [1.54, 1.807) is 11.7 Å². The number of aliphatic hydroxyl groups excluding tert-OH is 1. The molecule has 1 aromatic heterocycles. The fourth-order valence-electron chi connectivity index (χ4n) is 1.79. The maximum Gasteiger partial charge on any atom is 0.154 e. The Balaban J connectivity index is 3.04. The average molecular weight is 306 g/mol. The number of hydrogen-bond acceptors (Lipinski definition) is 4. The van der Waals surface area contributed by atoms with Gasteiger partial charge in [-0.3, -0.25) is 0 Å². The molecule has 2 unspecified atom stereocenters. The Morgan fingerprint density at radius 2 is 2.06 bits per heavy atom. The largest absolute Gasteiger partial charge is 0.384 e. The summed E-state index contributed by atoms with van der Waals surface area (Å²) in [5, 5.41) is 18.2. The monoisotopic (exact) mass is 305 g/mol. The van der Waals surface area contributed by atoms with Crippen molar-refractivity contribution in [2.75, 3.05) is 6.61 Å². The Morgan fingerprint density at radius 1 is 1.47 bits per heavy atom. The van der Waals surface area contributed by atoms with Crippen molar-refractivity contribution in [3.8, 4) is 0 Å². The highest BCUT2D eigenvalue weighted by Gasteiger charge is 2.35. The van der Waals surface area contributed by atoms with Crippen molar-refractivity contribution in [2.45, 2.75) is 39.9 Å². The van der Waals surface area contributed by atoms with Gasteiger partial charge in [-0.25, -0.2) is 4.68 Å². The number of aliphatic hydroxyl groups is 1. The molecule has 0 radical (unpaired) electrons. The minimum atomic E-state index is -0.760. The highest BCUT2D eigenvalue weighted by Crippen LogP contribution is 2.34. The van der Waals surface area contributed by atoms with Crippen LogP contribution in [0.2, 0.25) is 0 Å². The molecule has 0 aliphatic heterocycles. The van der Waals surface area contributed by atoms with Gasteiger partial charge >= 0.3 is 0 Å². The van der Waals surface area contributed by atoms with Crippen molar-refractivity contribution in [2.24, 2.45) is 12.5 Å². The van der Waals surface area contributed by atoms with Crippen molar-refractivity contribution in [3.05, 3.63) is 10.3 Å². The molecule has 5 nitrogen and oxygen atoms in total. The minimum absolute atomic E-state index is 0.168. The molecule has 6 heteroatoms. The van der Waals surface area contributed by atoms with E-state index in [1.165, 1.54) is 0 Å². The summed E-state index contributed by atoms with van der Waals surface area (Å²) in [5.41, 5.74) is 0.470. The fraction of sp³-hybridized carbons (Fsp3) is 0.818. The van der Waals surface area contributed by atoms with Crippen LogP contribution in [-0.4, -0.2) is 32.8 Å². The Bertz CT molecular complexity index is 354. The lowest BCUT2D eigenvalue weighted by Crippen LogP contribution is -2.36. The minimum Gasteiger partial charge on any atom is -0.384 e. The van der Waals surface area contributed by atoms with Crippen molar-refractivity contribution >= 4 is 15.9 Å². The Kier molecular flexibility index (Phi) is 4.69. The van der Waals surface area contributed by atoms with Gasteiger partial charge in [0.15, 0.2) is 4.60 Å². The molecule has 0 amide bonds. The second-order valence-electron chi connectivity index (χ2n) is 5.08. The van der Waals surface area contributed by atoms with Gasteiger partial charge in [-0.05, 0) is 28.3 Å². The number of hydrogen-bond donors (Lipinski definition) is 1. The molecule has 0 saturated heterocycles. The third-order valence-electron chi connectivity index (χ3n) is 2.59. The summed E-state index contributed by atoms with van der Waals surface area (Å²) in [5.74, 6) is 0. The van der Waals surface area contributed by atoms with Gasteiger partial charge in [-0.1, -0.05) is 26.0 Å². The Labute approximate surface area is 110 Å². The van der Waals surface area contributed by atoms with E-state index in [4.69, 9.17) is 4.74 Å². The summed E-state index contributed by atoms with van der Waals surface area (Å²) in [6.45, 7) is 8.58. The molecule has 1 rings (SSSR count). The second-order valence-corrected chi connectivity index (χ2v) is 5.83. The van der Waals surface area contributed by atoms with Gasteiger partial charge in [0.1, 0.15) is 11.8 Å². The molecule has 2 atom stereocenters. The van der Waals surface area contributed by atoms with Crippen LogP contribution in [0.4, 0.5) is 0 Å². The SMILES string of the molecule is CCOC(C(O)c1c(Br)nnn1C)C(C)(C)C. The number of nitrogens with zero attached hydrogens (tertiary/aromatic N) is 3. The number of ether oxygens (including phenoxy) is 1. The molecule has 1 aromatic rings. The first-order valence-corrected chi connectivity index (χ1v) is 6.43. The first-order chi connectivity index (χ1) is 7.79. The number of aryl methyl sites for hydroxylation is 1. The van der Waals surface area contributed by atoms with Crippen LogP contribution in [0.15, 0.2) is 4.60 Å². The Morgan fingerprint density at radius 3 is 2.41 bits per heavy atom. The van der Waals surface area contributed by atoms with Crippen molar-refractivity contribution in [3.63, 3.8) is 0 Å². The molecule has 0 spiro atoms. The Hall–Kier alpha value is -0.460. The van der Waals surface area contributed by atoms with Crippen LogP contribution in [0.25, 0.3) is 0 Å². The van der Waals surface area contributed by atoms with E-state index >= 15 is 0 Å². The molecule has 0 aromatic carbocycles. The summed E-state index contributed by atoms with van der Waals surface area (Å²) >= 11 is 3.29. The van der Waals surface area contributed by atoms with Crippen LogP contribution < -0.4 is 0 Å². The van der Waals surface area contributed by atoms with Crippen LogP contribution in [0.1, 0.15) is 39.5 Å². The van der Waals surface area contributed by atoms with Crippen LogP contribution in [0, 0.1) is 5.41 Å².